The number of benzene rings is 7. The van der Waals surface area contributed by atoms with E-state index in [2.05, 4.69) is 83.8 Å². The average Bonchev–Trinajstić information content (AvgIpc) is 3.85. The van der Waals surface area contributed by atoms with E-state index >= 15 is 0 Å². The first-order valence-corrected chi connectivity index (χ1v) is 16.0. The van der Waals surface area contributed by atoms with Crippen LogP contribution in [0.15, 0.2) is 171 Å². The van der Waals surface area contributed by atoms with Gasteiger partial charge in [-0.2, -0.15) is 0 Å². The Hall–Kier alpha value is -6.59. The third-order valence-electron chi connectivity index (χ3n) is 9.10. The van der Waals surface area contributed by atoms with Crippen LogP contribution in [0.4, 0.5) is 17.1 Å². The maximum absolute atomic E-state index is 6.38. The number of hydrogen-bond acceptors (Lipinski definition) is 5. The normalized spacial score (nSPS) is 11.8. The minimum Gasteiger partial charge on any atom is -0.456 e. The summed E-state index contributed by atoms with van der Waals surface area (Å²) in [6.07, 6.45) is 0. The highest BCUT2D eigenvalue weighted by Gasteiger charge is 2.23. The van der Waals surface area contributed by atoms with Crippen molar-refractivity contribution in [2.45, 2.75) is 0 Å². The first-order chi connectivity index (χ1) is 23.8. The second-order valence-corrected chi connectivity index (χ2v) is 11.9. The van der Waals surface area contributed by atoms with Gasteiger partial charge in [-0.1, -0.05) is 91.0 Å². The number of nitrogens with zero attached hydrogens (tertiary/aromatic N) is 2. The van der Waals surface area contributed by atoms with Gasteiger partial charge in [0, 0.05) is 44.7 Å². The molecule has 0 bridgehead atoms. The molecule has 226 valence electrons. The van der Waals surface area contributed by atoms with Crippen molar-refractivity contribution in [2.75, 3.05) is 4.90 Å². The number of aromatic nitrogens is 1. The average molecular weight is 619 g/mol. The van der Waals surface area contributed by atoms with Crippen molar-refractivity contribution in [3.63, 3.8) is 0 Å². The van der Waals surface area contributed by atoms with Crippen molar-refractivity contribution in [2.24, 2.45) is 0 Å². The van der Waals surface area contributed by atoms with Gasteiger partial charge in [-0.05, 0) is 66.2 Å². The van der Waals surface area contributed by atoms with Gasteiger partial charge in [0.05, 0.1) is 11.1 Å². The van der Waals surface area contributed by atoms with Crippen molar-refractivity contribution in [3.8, 4) is 22.6 Å². The Bertz CT molecular complexity index is 2770. The number of furan rings is 2. The van der Waals surface area contributed by atoms with Gasteiger partial charge in [-0.25, -0.2) is 4.98 Å². The van der Waals surface area contributed by atoms with E-state index in [0.29, 0.717) is 11.5 Å². The maximum Gasteiger partial charge on any atom is 0.227 e. The van der Waals surface area contributed by atoms with E-state index in [1.807, 2.05) is 78.9 Å². The second-order valence-electron chi connectivity index (χ2n) is 11.9. The number of hydrogen-bond donors (Lipinski definition) is 0. The van der Waals surface area contributed by atoms with E-state index in [1.54, 1.807) is 0 Å². The summed E-state index contributed by atoms with van der Waals surface area (Å²) in [5.74, 6) is 0.580. The lowest BCUT2D eigenvalue weighted by atomic mass is 9.97. The van der Waals surface area contributed by atoms with E-state index in [1.165, 1.54) is 0 Å². The molecular weight excluding hydrogens is 592 g/mol. The summed E-state index contributed by atoms with van der Waals surface area (Å²) in [6.45, 7) is 0. The van der Waals surface area contributed by atoms with Crippen LogP contribution >= 0.6 is 0 Å². The van der Waals surface area contributed by atoms with Crippen molar-refractivity contribution in [1.82, 2.24) is 4.98 Å². The van der Waals surface area contributed by atoms with Crippen LogP contribution in [-0.4, -0.2) is 4.98 Å². The van der Waals surface area contributed by atoms with Gasteiger partial charge in [0.2, 0.25) is 5.89 Å². The summed E-state index contributed by atoms with van der Waals surface area (Å²) in [6, 6.07) is 53.8. The second kappa shape index (κ2) is 10.5. The van der Waals surface area contributed by atoms with Crippen molar-refractivity contribution >= 4 is 72.0 Å². The molecule has 0 N–H and O–H groups in total. The van der Waals surface area contributed by atoms with E-state index in [-0.39, 0.29) is 0 Å². The van der Waals surface area contributed by atoms with Crippen molar-refractivity contribution in [1.29, 1.82) is 0 Å². The highest BCUT2D eigenvalue weighted by Crippen LogP contribution is 2.45. The number of anilines is 3. The molecule has 0 amide bonds. The highest BCUT2D eigenvalue weighted by atomic mass is 16.4. The molecule has 5 nitrogen and oxygen atoms in total. The molecule has 0 aliphatic carbocycles. The van der Waals surface area contributed by atoms with Crippen LogP contribution in [-0.2, 0) is 0 Å². The van der Waals surface area contributed by atoms with Gasteiger partial charge < -0.3 is 18.2 Å². The fourth-order valence-corrected chi connectivity index (χ4v) is 6.98. The molecular formula is C43H26N2O3. The fraction of sp³-hybridized carbons (Fsp3) is 0. The Morgan fingerprint density at radius 3 is 1.77 bits per heavy atom. The zero-order valence-electron chi connectivity index (χ0n) is 25.6. The summed E-state index contributed by atoms with van der Waals surface area (Å²) in [7, 11) is 0. The van der Waals surface area contributed by atoms with Gasteiger partial charge >= 0.3 is 0 Å². The molecule has 5 heteroatoms. The lowest BCUT2D eigenvalue weighted by molar-refractivity contribution is 0.617. The van der Waals surface area contributed by atoms with E-state index in [9.17, 15) is 0 Å². The van der Waals surface area contributed by atoms with Crippen molar-refractivity contribution < 1.29 is 13.3 Å². The first kappa shape index (κ1) is 26.6. The predicted octanol–water partition coefficient (Wildman–Crippen LogP) is 12.4. The molecule has 10 aromatic rings. The summed E-state index contributed by atoms with van der Waals surface area (Å²) in [5, 5.41) is 4.23. The molecule has 0 saturated heterocycles. The van der Waals surface area contributed by atoms with E-state index in [4.69, 9.17) is 18.2 Å². The van der Waals surface area contributed by atoms with Gasteiger partial charge in [0.1, 0.15) is 27.8 Å². The van der Waals surface area contributed by atoms with Crippen LogP contribution in [0.25, 0.3) is 77.6 Å². The Morgan fingerprint density at radius 2 is 1.02 bits per heavy atom. The SMILES string of the molecule is c1ccc(-c2nc3c(-c4ccc(N(c5ccccc5)c5cccc6oc7ccccc7c56)cc4)c4c(cc3o2)oc2ccccc24)cc1. The van der Waals surface area contributed by atoms with E-state index < -0.39 is 0 Å². The maximum atomic E-state index is 6.38. The quantitative estimate of drug-likeness (QED) is 0.192. The monoisotopic (exact) mass is 618 g/mol. The summed E-state index contributed by atoms with van der Waals surface area (Å²) < 4.78 is 19.0. The molecule has 10 rings (SSSR count). The molecule has 0 spiro atoms. The molecule has 7 aromatic carbocycles. The molecule has 0 aliphatic rings. The molecule has 0 fully saturated rings. The van der Waals surface area contributed by atoms with Crippen molar-refractivity contribution in [3.05, 3.63) is 158 Å². The van der Waals surface area contributed by atoms with Crippen LogP contribution in [0.5, 0.6) is 0 Å². The number of fused-ring (bicyclic) bond motifs is 7. The van der Waals surface area contributed by atoms with Crippen LogP contribution < -0.4 is 4.90 Å². The fourth-order valence-electron chi connectivity index (χ4n) is 6.98. The Labute approximate surface area is 274 Å². The molecule has 3 heterocycles. The molecule has 0 aliphatic heterocycles. The zero-order chi connectivity index (χ0) is 31.6. The lowest BCUT2D eigenvalue weighted by Gasteiger charge is -2.26. The Balaban J connectivity index is 1.19. The number of rotatable bonds is 5. The minimum absolute atomic E-state index is 0.580. The number of oxazole rings is 1. The molecule has 3 aromatic heterocycles. The van der Waals surface area contributed by atoms with E-state index in [0.717, 1.165) is 83.1 Å². The van der Waals surface area contributed by atoms with Gasteiger partial charge in [-0.15, -0.1) is 0 Å². The van der Waals surface area contributed by atoms with Crippen LogP contribution in [0.1, 0.15) is 0 Å². The van der Waals surface area contributed by atoms with Crippen LogP contribution in [0.3, 0.4) is 0 Å². The molecule has 0 atom stereocenters. The topological polar surface area (TPSA) is 55.6 Å². The third-order valence-corrected chi connectivity index (χ3v) is 9.10. The Morgan fingerprint density at radius 1 is 0.417 bits per heavy atom. The van der Waals surface area contributed by atoms with Gasteiger partial charge in [0.15, 0.2) is 5.58 Å². The Kier molecular flexibility index (Phi) is 5.81. The predicted molar refractivity (Wildman–Crippen MR) is 194 cm³/mol. The molecule has 0 unspecified atom stereocenters. The van der Waals surface area contributed by atoms with Gasteiger partial charge in [0.25, 0.3) is 0 Å². The molecule has 0 radical (unpaired) electrons. The minimum atomic E-state index is 0.580. The largest absolute Gasteiger partial charge is 0.456 e. The van der Waals surface area contributed by atoms with Crippen LogP contribution in [0.2, 0.25) is 0 Å². The lowest BCUT2D eigenvalue weighted by Crippen LogP contribution is -2.10. The summed E-state index contributed by atoms with van der Waals surface area (Å²) in [5.41, 5.74) is 10.9. The standard InChI is InChI=1S/C43H26N2O3/c1-3-12-28(13-4-1)43-44-42-38(48-43)26-37-41(32-17-8-10-20-35(32)47-37)39(42)27-22-24-30(25-23-27)45(29-14-5-2-6-15-29)33-18-11-21-36-40(33)31-16-7-9-19-34(31)46-36/h1-26H. The molecule has 48 heavy (non-hydrogen) atoms. The first-order valence-electron chi connectivity index (χ1n) is 16.0. The van der Waals surface area contributed by atoms with Crippen LogP contribution in [0, 0.1) is 0 Å². The summed E-state index contributed by atoms with van der Waals surface area (Å²) in [4.78, 5) is 7.37. The summed E-state index contributed by atoms with van der Waals surface area (Å²) >= 11 is 0. The number of para-hydroxylation sites is 3. The third kappa shape index (κ3) is 4.08. The highest BCUT2D eigenvalue weighted by molar-refractivity contribution is 6.19. The zero-order valence-corrected chi connectivity index (χ0v) is 25.6. The van der Waals surface area contributed by atoms with Gasteiger partial charge in [-0.3, -0.25) is 0 Å². The smallest absolute Gasteiger partial charge is 0.227 e. The molecule has 0 saturated carbocycles.